The Morgan fingerprint density at radius 3 is 2.51 bits per heavy atom. The van der Waals surface area contributed by atoms with Crippen LogP contribution in [0.1, 0.15) is 16.2 Å². The van der Waals surface area contributed by atoms with Crippen molar-refractivity contribution in [1.29, 1.82) is 0 Å². The first-order chi connectivity index (χ1) is 17.2. The highest BCUT2D eigenvalue weighted by Crippen LogP contribution is 2.34. The summed E-state index contributed by atoms with van der Waals surface area (Å²) in [6.45, 7) is 0.437. The highest BCUT2D eigenvalue weighted by molar-refractivity contribution is 5.99. The van der Waals surface area contributed by atoms with Crippen LogP contribution in [0.3, 0.4) is 0 Å². The van der Waals surface area contributed by atoms with Crippen molar-refractivity contribution >= 4 is 11.6 Å². The number of fused-ring (bicyclic) bond motifs is 1. The molecule has 35 heavy (non-hydrogen) atoms. The molecule has 8 heteroatoms. The van der Waals surface area contributed by atoms with Crippen LogP contribution in [0, 0.1) is 0 Å². The van der Waals surface area contributed by atoms with Gasteiger partial charge < -0.3 is 19.2 Å². The zero-order chi connectivity index (χ0) is 24.2. The molecule has 0 saturated heterocycles. The van der Waals surface area contributed by atoms with E-state index < -0.39 is 0 Å². The minimum Gasteiger partial charge on any atom is -0.493 e. The maximum Gasteiger partial charge on any atom is 0.272 e. The van der Waals surface area contributed by atoms with Gasteiger partial charge in [0.05, 0.1) is 25.6 Å². The fourth-order valence-corrected chi connectivity index (χ4v) is 3.97. The summed E-state index contributed by atoms with van der Waals surface area (Å²) in [5.41, 5.74) is 4.47. The molecule has 3 aromatic heterocycles. The van der Waals surface area contributed by atoms with Gasteiger partial charge in [0, 0.05) is 37.1 Å². The van der Waals surface area contributed by atoms with E-state index in [9.17, 15) is 4.79 Å². The summed E-state index contributed by atoms with van der Waals surface area (Å²) in [5, 5.41) is 7.63. The third kappa shape index (κ3) is 4.59. The number of carbonyl (C=O) groups excluding carboxylic acids is 1. The van der Waals surface area contributed by atoms with Crippen LogP contribution in [0.4, 0.5) is 0 Å². The van der Waals surface area contributed by atoms with E-state index in [1.165, 1.54) is 0 Å². The molecule has 0 bridgehead atoms. The SMILES string of the molecule is COc1ccc(-c2cn(-c3ccccc3)nc2C(=O)NCCc2cn3ccccc3n2)cc1OC. The lowest BCUT2D eigenvalue weighted by atomic mass is 10.1. The van der Waals surface area contributed by atoms with E-state index in [4.69, 9.17) is 9.47 Å². The molecule has 1 N–H and O–H groups in total. The number of rotatable bonds is 8. The molecule has 176 valence electrons. The van der Waals surface area contributed by atoms with E-state index in [0.29, 0.717) is 35.7 Å². The van der Waals surface area contributed by atoms with Gasteiger partial charge in [0.2, 0.25) is 0 Å². The highest BCUT2D eigenvalue weighted by atomic mass is 16.5. The predicted octanol–water partition coefficient (Wildman–Crippen LogP) is 4.18. The third-order valence-corrected chi connectivity index (χ3v) is 5.73. The van der Waals surface area contributed by atoms with Gasteiger partial charge >= 0.3 is 0 Å². The lowest BCUT2D eigenvalue weighted by Gasteiger charge is -2.09. The molecule has 0 radical (unpaired) electrons. The van der Waals surface area contributed by atoms with Crippen LogP contribution in [0.25, 0.3) is 22.5 Å². The Bertz CT molecular complexity index is 1440. The van der Waals surface area contributed by atoms with Gasteiger partial charge in [-0.05, 0) is 42.0 Å². The minimum atomic E-state index is -0.256. The number of hydrogen-bond donors (Lipinski definition) is 1. The quantitative estimate of drug-likeness (QED) is 0.370. The van der Waals surface area contributed by atoms with Crippen LogP contribution in [-0.2, 0) is 6.42 Å². The van der Waals surface area contributed by atoms with E-state index in [0.717, 1.165) is 22.6 Å². The summed E-state index contributed by atoms with van der Waals surface area (Å²) >= 11 is 0. The van der Waals surface area contributed by atoms with Gasteiger partial charge in [0.15, 0.2) is 17.2 Å². The van der Waals surface area contributed by atoms with Crippen LogP contribution in [0.2, 0.25) is 0 Å². The average molecular weight is 468 g/mol. The van der Waals surface area contributed by atoms with Crippen molar-refractivity contribution in [2.24, 2.45) is 0 Å². The number of pyridine rings is 1. The Hall–Kier alpha value is -4.59. The monoisotopic (exact) mass is 467 g/mol. The molecule has 0 aliphatic carbocycles. The molecule has 0 saturated carbocycles. The number of nitrogens with zero attached hydrogens (tertiary/aromatic N) is 4. The van der Waals surface area contributed by atoms with Crippen molar-refractivity contribution in [2.45, 2.75) is 6.42 Å². The van der Waals surface area contributed by atoms with Crippen LogP contribution in [-0.4, -0.2) is 45.8 Å². The van der Waals surface area contributed by atoms with Gasteiger partial charge in [-0.25, -0.2) is 9.67 Å². The Morgan fingerprint density at radius 1 is 0.943 bits per heavy atom. The third-order valence-electron chi connectivity index (χ3n) is 5.73. The van der Waals surface area contributed by atoms with Crippen molar-refractivity contribution in [3.63, 3.8) is 0 Å². The summed E-state index contributed by atoms with van der Waals surface area (Å²) < 4.78 is 14.5. The summed E-state index contributed by atoms with van der Waals surface area (Å²) in [6.07, 6.45) is 6.39. The van der Waals surface area contributed by atoms with Crippen LogP contribution in [0.15, 0.2) is 85.3 Å². The summed E-state index contributed by atoms with van der Waals surface area (Å²) in [5.74, 6) is 0.939. The number of aromatic nitrogens is 4. The van der Waals surface area contributed by atoms with Gasteiger partial charge in [-0.2, -0.15) is 5.10 Å². The number of imidazole rings is 1. The number of amides is 1. The molecule has 0 aliphatic heterocycles. The largest absolute Gasteiger partial charge is 0.493 e. The van der Waals surface area contributed by atoms with E-state index in [2.05, 4.69) is 15.4 Å². The lowest BCUT2D eigenvalue weighted by molar-refractivity contribution is 0.0949. The average Bonchev–Trinajstić information content (AvgIpc) is 3.53. The second-order valence-electron chi connectivity index (χ2n) is 7.95. The molecule has 5 rings (SSSR count). The van der Waals surface area contributed by atoms with E-state index >= 15 is 0 Å². The Morgan fingerprint density at radius 2 is 1.74 bits per heavy atom. The van der Waals surface area contributed by atoms with Crippen LogP contribution < -0.4 is 14.8 Å². The van der Waals surface area contributed by atoms with Crippen molar-refractivity contribution in [3.8, 4) is 28.3 Å². The first-order valence-electron chi connectivity index (χ1n) is 11.2. The zero-order valence-corrected chi connectivity index (χ0v) is 19.5. The standard InChI is InChI=1S/C27H25N5O3/c1-34-23-12-11-19(16-24(23)35-2)22-18-32(21-8-4-3-5-9-21)30-26(22)27(33)28-14-13-20-17-31-15-7-6-10-25(31)29-20/h3-12,15-18H,13-14H2,1-2H3,(H,28,33). The molecule has 1 amide bonds. The van der Waals surface area contributed by atoms with Gasteiger partial charge in [-0.3, -0.25) is 4.79 Å². The van der Waals surface area contributed by atoms with Gasteiger partial charge in [0.1, 0.15) is 5.65 Å². The second kappa shape index (κ2) is 9.72. The predicted molar refractivity (Wildman–Crippen MR) is 133 cm³/mol. The molecule has 0 atom stereocenters. The molecule has 3 heterocycles. The Kier molecular flexibility index (Phi) is 6.17. The number of methoxy groups -OCH3 is 2. The fourth-order valence-electron chi connectivity index (χ4n) is 3.97. The summed E-state index contributed by atoms with van der Waals surface area (Å²) in [6, 6.07) is 21.1. The number of benzene rings is 2. The lowest BCUT2D eigenvalue weighted by Crippen LogP contribution is -2.26. The Labute approximate surface area is 202 Å². The number of para-hydroxylation sites is 1. The zero-order valence-electron chi connectivity index (χ0n) is 19.5. The number of ether oxygens (including phenoxy) is 2. The van der Waals surface area contributed by atoms with Crippen LogP contribution in [0.5, 0.6) is 11.5 Å². The smallest absolute Gasteiger partial charge is 0.272 e. The summed E-state index contributed by atoms with van der Waals surface area (Å²) in [4.78, 5) is 17.8. The number of hydrogen-bond acceptors (Lipinski definition) is 5. The summed E-state index contributed by atoms with van der Waals surface area (Å²) in [7, 11) is 3.18. The molecule has 0 fully saturated rings. The molecule has 2 aromatic carbocycles. The molecular formula is C27H25N5O3. The van der Waals surface area contributed by atoms with Crippen molar-refractivity contribution < 1.29 is 14.3 Å². The van der Waals surface area contributed by atoms with Crippen molar-refractivity contribution in [1.82, 2.24) is 24.5 Å². The van der Waals surface area contributed by atoms with E-state index in [-0.39, 0.29) is 5.91 Å². The number of nitrogens with one attached hydrogen (secondary N) is 1. The van der Waals surface area contributed by atoms with Gasteiger partial charge in [-0.1, -0.05) is 30.3 Å². The minimum absolute atomic E-state index is 0.256. The first kappa shape index (κ1) is 22.2. The molecule has 5 aromatic rings. The van der Waals surface area contributed by atoms with E-state index in [1.807, 2.05) is 89.7 Å². The van der Waals surface area contributed by atoms with Gasteiger partial charge in [0.25, 0.3) is 5.91 Å². The van der Waals surface area contributed by atoms with E-state index in [1.54, 1.807) is 18.9 Å². The Balaban J connectivity index is 1.42. The van der Waals surface area contributed by atoms with Crippen LogP contribution >= 0.6 is 0 Å². The fraction of sp³-hybridized carbons (Fsp3) is 0.148. The molecule has 0 aliphatic rings. The second-order valence-corrected chi connectivity index (χ2v) is 7.95. The number of carbonyl (C=O) groups is 1. The maximum atomic E-state index is 13.3. The molecule has 0 unspecified atom stereocenters. The van der Waals surface area contributed by atoms with Gasteiger partial charge in [-0.15, -0.1) is 0 Å². The molecule has 0 spiro atoms. The maximum absolute atomic E-state index is 13.3. The molecular weight excluding hydrogens is 442 g/mol. The molecule has 8 nitrogen and oxygen atoms in total. The van der Waals surface area contributed by atoms with Crippen molar-refractivity contribution in [2.75, 3.05) is 20.8 Å². The first-order valence-corrected chi connectivity index (χ1v) is 11.2. The normalized spacial score (nSPS) is 10.9. The highest BCUT2D eigenvalue weighted by Gasteiger charge is 2.20. The van der Waals surface area contributed by atoms with Crippen molar-refractivity contribution in [3.05, 3.63) is 96.7 Å². The topological polar surface area (TPSA) is 82.7 Å².